The highest BCUT2D eigenvalue weighted by atomic mass is 19.1. The first kappa shape index (κ1) is 20.8. The standard InChI is InChI=1S/C21H27FN4O4/c22-16-8-13(3-4-15(16)19-11-23-12-29-19)9-17-20(18(27)10-26-17)30-21(28)25-7-5-14-2-1-6-24-14/h3-4,8,11-12,14,17-18,20,24,26-27H,1-2,5-7,9-10H2,(H,25,28)/t14-,17+,18-,20-/m0/s1. The van der Waals surface area contributed by atoms with E-state index in [1.165, 1.54) is 18.7 Å². The Morgan fingerprint density at radius 2 is 2.30 bits per heavy atom. The van der Waals surface area contributed by atoms with E-state index in [0.717, 1.165) is 31.4 Å². The molecule has 2 saturated heterocycles. The van der Waals surface area contributed by atoms with Crippen LogP contribution in [0.2, 0.25) is 0 Å². The van der Waals surface area contributed by atoms with Crippen LogP contribution in [0.15, 0.2) is 35.2 Å². The first-order chi connectivity index (χ1) is 14.6. The van der Waals surface area contributed by atoms with E-state index in [-0.39, 0.29) is 6.04 Å². The van der Waals surface area contributed by atoms with Crippen molar-refractivity contribution in [2.75, 3.05) is 19.6 Å². The molecule has 0 aliphatic carbocycles. The van der Waals surface area contributed by atoms with Gasteiger partial charge in [0, 0.05) is 19.1 Å². The van der Waals surface area contributed by atoms with Crippen molar-refractivity contribution in [3.05, 3.63) is 42.2 Å². The maximum Gasteiger partial charge on any atom is 0.407 e. The van der Waals surface area contributed by atoms with Gasteiger partial charge >= 0.3 is 6.09 Å². The minimum absolute atomic E-state index is 0.308. The van der Waals surface area contributed by atoms with E-state index in [2.05, 4.69) is 20.9 Å². The third-order valence-corrected chi connectivity index (χ3v) is 5.72. The van der Waals surface area contributed by atoms with Crippen LogP contribution in [0.4, 0.5) is 9.18 Å². The maximum atomic E-state index is 14.5. The molecule has 0 bridgehead atoms. The van der Waals surface area contributed by atoms with Gasteiger partial charge in [-0.25, -0.2) is 14.2 Å². The van der Waals surface area contributed by atoms with Crippen LogP contribution in [0.1, 0.15) is 24.8 Å². The Kier molecular flexibility index (Phi) is 6.61. The molecule has 4 atom stereocenters. The van der Waals surface area contributed by atoms with Crippen molar-refractivity contribution in [2.24, 2.45) is 0 Å². The number of nitrogens with zero attached hydrogens (tertiary/aromatic N) is 1. The summed E-state index contributed by atoms with van der Waals surface area (Å²) in [6.07, 6.45) is 4.20. The quantitative estimate of drug-likeness (QED) is 0.541. The number of β-amino-alcohol motifs (C(OH)–C–C–N with tert-alkyl or cyclic N) is 1. The molecule has 0 saturated carbocycles. The number of hydrogen-bond donors (Lipinski definition) is 4. The second kappa shape index (κ2) is 9.55. The number of nitrogens with one attached hydrogen (secondary N) is 3. The second-order valence-electron chi connectivity index (χ2n) is 7.84. The highest BCUT2D eigenvalue weighted by Gasteiger charge is 2.38. The lowest BCUT2D eigenvalue weighted by Crippen LogP contribution is -2.42. The monoisotopic (exact) mass is 418 g/mol. The van der Waals surface area contributed by atoms with Crippen molar-refractivity contribution in [2.45, 2.75) is 50.0 Å². The highest BCUT2D eigenvalue weighted by Crippen LogP contribution is 2.25. The van der Waals surface area contributed by atoms with Crippen LogP contribution in [0.3, 0.4) is 0 Å². The van der Waals surface area contributed by atoms with Gasteiger partial charge < -0.3 is 30.2 Å². The van der Waals surface area contributed by atoms with Crippen LogP contribution in [0.5, 0.6) is 0 Å². The molecular formula is C21H27FN4O4. The fourth-order valence-electron chi connectivity index (χ4n) is 4.13. The molecule has 0 spiro atoms. The number of carbonyl (C=O) groups is 1. The van der Waals surface area contributed by atoms with Crippen LogP contribution >= 0.6 is 0 Å². The van der Waals surface area contributed by atoms with Gasteiger partial charge in [-0.1, -0.05) is 6.07 Å². The summed E-state index contributed by atoms with van der Waals surface area (Å²) in [5.74, 6) is -0.0577. The molecule has 1 amide bonds. The van der Waals surface area contributed by atoms with E-state index < -0.39 is 24.1 Å². The molecule has 2 aliphatic rings. The third kappa shape index (κ3) is 4.97. The number of hydrogen-bond acceptors (Lipinski definition) is 7. The third-order valence-electron chi connectivity index (χ3n) is 5.72. The van der Waals surface area contributed by atoms with Crippen LogP contribution < -0.4 is 16.0 Å². The number of ether oxygens (including phenoxy) is 1. The fraction of sp³-hybridized carbons (Fsp3) is 0.524. The summed E-state index contributed by atoms with van der Waals surface area (Å²) in [5.41, 5.74) is 1.06. The predicted octanol–water partition coefficient (Wildman–Crippen LogP) is 1.59. The number of aliphatic hydroxyl groups excluding tert-OH is 1. The number of rotatable bonds is 7. The molecule has 0 unspecified atom stereocenters. The number of benzene rings is 1. The molecule has 162 valence electrons. The van der Waals surface area contributed by atoms with Crippen LogP contribution in [-0.2, 0) is 11.2 Å². The average molecular weight is 418 g/mol. The van der Waals surface area contributed by atoms with Gasteiger partial charge in [-0.15, -0.1) is 0 Å². The number of alkyl carbamates (subject to hydrolysis) is 1. The molecule has 1 aromatic carbocycles. The summed E-state index contributed by atoms with van der Waals surface area (Å²) in [6.45, 7) is 1.86. The van der Waals surface area contributed by atoms with Crippen LogP contribution in [0.25, 0.3) is 11.3 Å². The van der Waals surface area contributed by atoms with Crippen molar-refractivity contribution in [1.82, 2.24) is 20.9 Å². The Morgan fingerprint density at radius 3 is 3.03 bits per heavy atom. The molecule has 3 heterocycles. The topological polar surface area (TPSA) is 109 Å². The Morgan fingerprint density at radius 1 is 1.40 bits per heavy atom. The van der Waals surface area contributed by atoms with Crippen molar-refractivity contribution < 1.29 is 23.4 Å². The molecule has 30 heavy (non-hydrogen) atoms. The first-order valence-corrected chi connectivity index (χ1v) is 10.4. The Labute approximate surface area is 174 Å². The summed E-state index contributed by atoms with van der Waals surface area (Å²) in [7, 11) is 0. The van der Waals surface area contributed by atoms with E-state index >= 15 is 0 Å². The SMILES string of the molecule is O=C(NCC[C@@H]1CCCN1)O[C@@H]1[C@@H](O)CN[C@@H]1Cc1ccc(-c2cnco2)c(F)c1. The molecule has 4 N–H and O–H groups in total. The number of aromatic nitrogens is 1. The number of oxazole rings is 1. The van der Waals surface area contributed by atoms with Gasteiger partial charge in [0.1, 0.15) is 18.0 Å². The average Bonchev–Trinajstić information content (AvgIpc) is 3.48. The predicted molar refractivity (Wildman–Crippen MR) is 107 cm³/mol. The lowest BCUT2D eigenvalue weighted by molar-refractivity contribution is 0.0189. The first-order valence-electron chi connectivity index (χ1n) is 10.4. The van der Waals surface area contributed by atoms with Gasteiger partial charge in [0.15, 0.2) is 12.2 Å². The number of carbonyl (C=O) groups excluding carboxylic acids is 1. The van der Waals surface area contributed by atoms with Crippen molar-refractivity contribution in [3.63, 3.8) is 0 Å². The van der Waals surface area contributed by atoms with Crippen molar-refractivity contribution in [3.8, 4) is 11.3 Å². The van der Waals surface area contributed by atoms with E-state index in [1.807, 2.05) is 0 Å². The normalized spacial score (nSPS) is 26.1. The maximum absolute atomic E-state index is 14.5. The molecule has 8 nitrogen and oxygen atoms in total. The summed E-state index contributed by atoms with van der Waals surface area (Å²) in [4.78, 5) is 16.0. The summed E-state index contributed by atoms with van der Waals surface area (Å²) in [6, 6.07) is 4.98. The zero-order chi connectivity index (χ0) is 20.9. The van der Waals surface area contributed by atoms with E-state index in [0.29, 0.717) is 36.9 Å². The Balaban J connectivity index is 1.31. The summed E-state index contributed by atoms with van der Waals surface area (Å²) >= 11 is 0. The van der Waals surface area contributed by atoms with Crippen molar-refractivity contribution in [1.29, 1.82) is 0 Å². The van der Waals surface area contributed by atoms with E-state index in [9.17, 15) is 14.3 Å². The Hall–Kier alpha value is -2.49. The summed E-state index contributed by atoms with van der Waals surface area (Å²) in [5, 5.41) is 19.5. The van der Waals surface area contributed by atoms with E-state index in [1.54, 1.807) is 12.1 Å². The van der Waals surface area contributed by atoms with Gasteiger partial charge in [-0.2, -0.15) is 0 Å². The lowest BCUT2D eigenvalue weighted by Gasteiger charge is -2.22. The lowest BCUT2D eigenvalue weighted by atomic mass is 10.00. The smallest absolute Gasteiger partial charge is 0.407 e. The van der Waals surface area contributed by atoms with Gasteiger partial charge in [-0.3, -0.25) is 0 Å². The fourth-order valence-corrected chi connectivity index (χ4v) is 4.13. The minimum atomic E-state index is -0.810. The number of aliphatic hydroxyl groups is 1. The molecule has 9 heteroatoms. The summed E-state index contributed by atoms with van der Waals surface area (Å²) < 4.78 is 25.1. The number of halogens is 1. The number of amides is 1. The van der Waals surface area contributed by atoms with Gasteiger partial charge in [-0.05, 0) is 49.9 Å². The molecule has 0 radical (unpaired) electrons. The zero-order valence-corrected chi connectivity index (χ0v) is 16.6. The van der Waals surface area contributed by atoms with Crippen LogP contribution in [0, 0.1) is 5.82 Å². The minimum Gasteiger partial charge on any atom is -0.443 e. The Bertz CT molecular complexity index is 842. The van der Waals surface area contributed by atoms with Gasteiger partial charge in [0.25, 0.3) is 0 Å². The van der Waals surface area contributed by atoms with Crippen LogP contribution in [-0.4, -0.2) is 60.1 Å². The molecule has 4 rings (SSSR count). The van der Waals surface area contributed by atoms with E-state index in [4.69, 9.17) is 9.15 Å². The molecule has 2 aromatic rings. The highest BCUT2D eigenvalue weighted by molar-refractivity contribution is 5.67. The molecule has 2 aliphatic heterocycles. The van der Waals surface area contributed by atoms with Gasteiger partial charge in [0.05, 0.1) is 17.8 Å². The second-order valence-corrected chi connectivity index (χ2v) is 7.84. The molecular weight excluding hydrogens is 391 g/mol. The zero-order valence-electron chi connectivity index (χ0n) is 16.6. The largest absolute Gasteiger partial charge is 0.443 e. The van der Waals surface area contributed by atoms with Gasteiger partial charge in [0.2, 0.25) is 0 Å². The van der Waals surface area contributed by atoms with Crippen molar-refractivity contribution >= 4 is 6.09 Å². The molecule has 1 aromatic heterocycles. The molecule has 2 fully saturated rings.